The molecule has 4 nitrogen and oxygen atoms in total. The maximum absolute atomic E-state index is 13.1. The van der Waals surface area contributed by atoms with Gasteiger partial charge in [0.2, 0.25) is 0 Å². The highest BCUT2D eigenvalue weighted by Gasteiger charge is 2.11. The number of rotatable bonds is 7. The van der Waals surface area contributed by atoms with Crippen LogP contribution in [-0.2, 0) is 16.1 Å². The Labute approximate surface area is 144 Å². The normalized spacial score (nSPS) is 10.4. The van der Waals surface area contributed by atoms with Crippen LogP contribution in [-0.4, -0.2) is 18.5 Å². The average Bonchev–Trinajstić information content (AvgIpc) is 2.62. The van der Waals surface area contributed by atoms with Crippen LogP contribution in [0.25, 0.3) is 0 Å². The molecule has 2 rings (SSSR count). The molecule has 0 aliphatic rings. The van der Waals surface area contributed by atoms with Crippen LogP contribution >= 0.6 is 0 Å². The maximum atomic E-state index is 13.1. The molecule has 132 valence electrons. The van der Waals surface area contributed by atoms with Crippen molar-refractivity contribution in [3.8, 4) is 0 Å². The summed E-state index contributed by atoms with van der Waals surface area (Å²) in [6.45, 7) is 2.17. The number of halogens is 2. The molecule has 0 aliphatic carbocycles. The molecule has 0 aliphatic heterocycles. The quantitative estimate of drug-likeness (QED) is 0.554. The van der Waals surface area contributed by atoms with E-state index in [0.29, 0.717) is 17.7 Å². The summed E-state index contributed by atoms with van der Waals surface area (Å²) in [5, 5.41) is 0. The van der Waals surface area contributed by atoms with Crippen LogP contribution in [0.1, 0.15) is 46.0 Å². The van der Waals surface area contributed by atoms with Gasteiger partial charge in [0.25, 0.3) is 0 Å². The van der Waals surface area contributed by atoms with E-state index >= 15 is 0 Å². The maximum Gasteiger partial charge on any atom is 0.338 e. The van der Waals surface area contributed by atoms with Gasteiger partial charge in [-0.05, 0) is 48.4 Å². The average molecular weight is 348 g/mol. The number of carbonyl (C=O) groups is 2. The van der Waals surface area contributed by atoms with E-state index < -0.39 is 23.6 Å². The van der Waals surface area contributed by atoms with Gasteiger partial charge in [0.1, 0.15) is 6.61 Å². The highest BCUT2D eigenvalue weighted by Crippen LogP contribution is 2.12. The van der Waals surface area contributed by atoms with E-state index in [4.69, 9.17) is 9.47 Å². The van der Waals surface area contributed by atoms with Gasteiger partial charge in [-0.1, -0.05) is 19.4 Å². The van der Waals surface area contributed by atoms with Crippen LogP contribution in [0.5, 0.6) is 0 Å². The van der Waals surface area contributed by atoms with Gasteiger partial charge in [-0.3, -0.25) is 0 Å². The lowest BCUT2D eigenvalue weighted by Crippen LogP contribution is -2.08. The molecule has 0 amide bonds. The second-order valence-electron chi connectivity index (χ2n) is 5.39. The third-order valence-corrected chi connectivity index (χ3v) is 3.44. The fraction of sp³-hybridized carbons (Fsp3) is 0.263. The van der Waals surface area contributed by atoms with Gasteiger partial charge in [0.15, 0.2) is 11.6 Å². The van der Waals surface area contributed by atoms with Gasteiger partial charge in [0, 0.05) is 0 Å². The lowest BCUT2D eigenvalue weighted by atomic mass is 10.1. The Morgan fingerprint density at radius 3 is 2.04 bits per heavy atom. The summed E-state index contributed by atoms with van der Waals surface area (Å²) in [4.78, 5) is 23.7. The molecule has 0 saturated carbocycles. The molecule has 0 spiro atoms. The number of ether oxygens (including phenoxy) is 2. The van der Waals surface area contributed by atoms with Crippen LogP contribution in [0.15, 0.2) is 42.5 Å². The summed E-state index contributed by atoms with van der Waals surface area (Å²) in [7, 11) is 0. The first-order valence-corrected chi connectivity index (χ1v) is 7.89. The summed E-state index contributed by atoms with van der Waals surface area (Å²) in [5.74, 6) is -3.04. The molecule has 2 aromatic carbocycles. The van der Waals surface area contributed by atoms with E-state index in [2.05, 4.69) is 0 Å². The molecule has 0 saturated heterocycles. The summed E-state index contributed by atoms with van der Waals surface area (Å²) >= 11 is 0. The molecular formula is C19H18F2O4. The molecule has 0 unspecified atom stereocenters. The van der Waals surface area contributed by atoms with Crippen LogP contribution < -0.4 is 0 Å². The Morgan fingerprint density at radius 1 is 0.880 bits per heavy atom. The Kier molecular flexibility index (Phi) is 6.62. The summed E-state index contributed by atoms with van der Waals surface area (Å²) in [5.41, 5.74) is 0.921. The van der Waals surface area contributed by atoms with E-state index in [1.165, 1.54) is 30.3 Å². The molecule has 2 aromatic rings. The summed E-state index contributed by atoms with van der Waals surface area (Å²) in [6.07, 6.45) is 1.72. The van der Waals surface area contributed by atoms with E-state index in [-0.39, 0.29) is 12.2 Å². The van der Waals surface area contributed by atoms with Crippen molar-refractivity contribution in [3.63, 3.8) is 0 Å². The number of carbonyl (C=O) groups excluding carboxylic acids is 2. The number of esters is 2. The van der Waals surface area contributed by atoms with Crippen molar-refractivity contribution in [1.29, 1.82) is 0 Å². The fourth-order valence-corrected chi connectivity index (χ4v) is 2.00. The number of hydrogen-bond donors (Lipinski definition) is 0. The highest BCUT2D eigenvalue weighted by atomic mass is 19.2. The zero-order chi connectivity index (χ0) is 18.2. The van der Waals surface area contributed by atoms with Gasteiger partial charge in [0.05, 0.1) is 17.7 Å². The third kappa shape index (κ3) is 5.38. The standard InChI is InChI=1S/C19H18F2O4/c1-2-3-10-24-18(22)14-5-7-15(8-6-14)19(23)25-12-13-4-9-16(20)17(21)11-13/h4-9,11H,2-3,10,12H2,1H3. The number of hydrogen-bond acceptors (Lipinski definition) is 4. The Morgan fingerprint density at radius 2 is 1.48 bits per heavy atom. The minimum Gasteiger partial charge on any atom is -0.462 e. The Balaban J connectivity index is 1.91. The van der Waals surface area contributed by atoms with Crippen molar-refractivity contribution in [2.24, 2.45) is 0 Å². The van der Waals surface area contributed by atoms with Gasteiger partial charge in [-0.2, -0.15) is 0 Å². The highest BCUT2D eigenvalue weighted by molar-refractivity contribution is 5.93. The zero-order valence-corrected chi connectivity index (χ0v) is 13.8. The second kappa shape index (κ2) is 8.92. The molecule has 6 heteroatoms. The smallest absolute Gasteiger partial charge is 0.338 e. The molecule has 0 atom stereocenters. The SMILES string of the molecule is CCCCOC(=O)c1ccc(C(=O)OCc2ccc(F)c(F)c2)cc1. The topological polar surface area (TPSA) is 52.6 Å². The minimum absolute atomic E-state index is 0.184. The first kappa shape index (κ1) is 18.6. The van der Waals surface area contributed by atoms with Gasteiger partial charge in [-0.15, -0.1) is 0 Å². The second-order valence-corrected chi connectivity index (χ2v) is 5.39. The van der Waals surface area contributed by atoms with Crippen LogP contribution in [0.2, 0.25) is 0 Å². The predicted octanol–water partition coefficient (Wildman–Crippen LogP) is 4.28. The molecule has 0 radical (unpaired) electrons. The molecule has 25 heavy (non-hydrogen) atoms. The summed E-state index contributed by atoms with van der Waals surface area (Å²) in [6, 6.07) is 9.12. The van der Waals surface area contributed by atoms with Crippen molar-refractivity contribution >= 4 is 11.9 Å². The van der Waals surface area contributed by atoms with E-state index in [0.717, 1.165) is 25.0 Å². The van der Waals surface area contributed by atoms with E-state index in [9.17, 15) is 18.4 Å². The van der Waals surface area contributed by atoms with Crippen molar-refractivity contribution in [2.45, 2.75) is 26.4 Å². The van der Waals surface area contributed by atoms with Crippen molar-refractivity contribution in [3.05, 3.63) is 70.8 Å². The Bertz CT molecular complexity index is 742. The van der Waals surface area contributed by atoms with E-state index in [1.807, 2.05) is 6.92 Å². The molecule has 0 aromatic heterocycles. The zero-order valence-electron chi connectivity index (χ0n) is 13.8. The van der Waals surface area contributed by atoms with Crippen molar-refractivity contribution in [1.82, 2.24) is 0 Å². The fourth-order valence-electron chi connectivity index (χ4n) is 2.00. The lowest BCUT2D eigenvalue weighted by molar-refractivity contribution is 0.0466. The lowest BCUT2D eigenvalue weighted by Gasteiger charge is -2.07. The monoisotopic (exact) mass is 348 g/mol. The number of benzene rings is 2. The molecule has 0 fully saturated rings. The first-order valence-electron chi connectivity index (χ1n) is 7.89. The van der Waals surface area contributed by atoms with Gasteiger partial charge >= 0.3 is 11.9 Å². The third-order valence-electron chi connectivity index (χ3n) is 3.44. The van der Waals surface area contributed by atoms with Crippen molar-refractivity contribution in [2.75, 3.05) is 6.61 Å². The Hall–Kier alpha value is -2.76. The first-order chi connectivity index (χ1) is 12.0. The summed E-state index contributed by atoms with van der Waals surface area (Å²) < 4.78 is 36.1. The molecule has 0 bridgehead atoms. The number of unbranched alkanes of at least 4 members (excludes halogenated alkanes) is 1. The van der Waals surface area contributed by atoms with Crippen LogP contribution in [0.3, 0.4) is 0 Å². The minimum atomic E-state index is -1.00. The molecule has 0 heterocycles. The van der Waals surface area contributed by atoms with Crippen LogP contribution in [0.4, 0.5) is 8.78 Å². The van der Waals surface area contributed by atoms with Gasteiger partial charge < -0.3 is 9.47 Å². The van der Waals surface area contributed by atoms with Crippen molar-refractivity contribution < 1.29 is 27.8 Å². The van der Waals surface area contributed by atoms with Crippen LogP contribution in [0, 0.1) is 11.6 Å². The predicted molar refractivity (Wildman–Crippen MR) is 87.1 cm³/mol. The van der Waals surface area contributed by atoms with E-state index in [1.54, 1.807) is 0 Å². The molecule has 0 N–H and O–H groups in total. The van der Waals surface area contributed by atoms with Gasteiger partial charge in [-0.25, -0.2) is 18.4 Å². The molecular weight excluding hydrogens is 330 g/mol. The largest absolute Gasteiger partial charge is 0.462 e.